The van der Waals surface area contributed by atoms with Crippen LogP contribution in [0.25, 0.3) is 5.69 Å². The Morgan fingerprint density at radius 2 is 1.61 bits per heavy atom. The first-order chi connectivity index (χ1) is 8.34. The molecule has 3 heteroatoms. The molecule has 2 rings (SSSR count). The van der Waals surface area contributed by atoms with Gasteiger partial charge in [0.1, 0.15) is 0 Å². The molecular weight excluding hydrogens is 224 g/mol. The molecule has 1 aromatic heterocycles. The van der Waals surface area contributed by atoms with Gasteiger partial charge in [-0.1, -0.05) is 39.0 Å². The fraction of sp³-hybridized carbons (Fsp3) is 0.400. The first-order valence-electron chi connectivity index (χ1n) is 6.18. The minimum absolute atomic E-state index is 0.0775. The van der Waals surface area contributed by atoms with Crippen LogP contribution in [0.1, 0.15) is 32.0 Å². The van der Waals surface area contributed by atoms with Crippen molar-refractivity contribution in [2.45, 2.75) is 33.1 Å². The molecule has 3 nitrogen and oxygen atoms in total. The van der Waals surface area contributed by atoms with Crippen LogP contribution in [-0.2, 0) is 12.5 Å². The highest BCUT2D eigenvalue weighted by atomic mass is 16.1. The van der Waals surface area contributed by atoms with Crippen molar-refractivity contribution in [3.05, 3.63) is 51.9 Å². The molecule has 0 aliphatic heterocycles. The van der Waals surface area contributed by atoms with Gasteiger partial charge in [-0.05, 0) is 24.5 Å². The predicted octanol–water partition coefficient (Wildman–Crippen LogP) is 2.78. The topological polar surface area (TPSA) is 26.9 Å². The van der Waals surface area contributed by atoms with Crippen molar-refractivity contribution < 1.29 is 0 Å². The largest absolute Gasteiger partial charge is 0.285 e. The van der Waals surface area contributed by atoms with Gasteiger partial charge in [0.15, 0.2) is 0 Å². The SMILES string of the molecule is Cc1c(C(C)(C)C)c(=O)n(-c2ccccc2)n1C. The van der Waals surface area contributed by atoms with Crippen LogP contribution >= 0.6 is 0 Å². The average molecular weight is 244 g/mol. The van der Waals surface area contributed by atoms with Gasteiger partial charge in [-0.25, -0.2) is 4.68 Å². The Hall–Kier alpha value is -1.77. The smallest absolute Gasteiger partial charge is 0.275 e. The minimum atomic E-state index is -0.140. The van der Waals surface area contributed by atoms with Crippen molar-refractivity contribution in [2.24, 2.45) is 7.05 Å². The predicted molar refractivity (Wildman–Crippen MR) is 74.4 cm³/mol. The molecule has 0 fully saturated rings. The maximum absolute atomic E-state index is 12.6. The fourth-order valence-corrected chi connectivity index (χ4v) is 2.43. The third-order valence-electron chi connectivity index (χ3n) is 3.30. The van der Waals surface area contributed by atoms with Gasteiger partial charge in [0.2, 0.25) is 0 Å². The Balaban J connectivity index is 2.77. The molecule has 18 heavy (non-hydrogen) atoms. The van der Waals surface area contributed by atoms with E-state index >= 15 is 0 Å². The summed E-state index contributed by atoms with van der Waals surface area (Å²) >= 11 is 0. The van der Waals surface area contributed by atoms with Gasteiger partial charge in [-0.2, -0.15) is 0 Å². The van der Waals surface area contributed by atoms with Gasteiger partial charge in [0, 0.05) is 18.3 Å². The van der Waals surface area contributed by atoms with Crippen molar-refractivity contribution >= 4 is 0 Å². The van der Waals surface area contributed by atoms with E-state index in [2.05, 4.69) is 20.8 Å². The normalized spacial score (nSPS) is 11.8. The van der Waals surface area contributed by atoms with E-state index < -0.39 is 0 Å². The van der Waals surface area contributed by atoms with E-state index in [9.17, 15) is 4.79 Å². The molecule has 0 bridgehead atoms. The van der Waals surface area contributed by atoms with Crippen LogP contribution in [-0.4, -0.2) is 9.36 Å². The summed E-state index contributed by atoms with van der Waals surface area (Å²) in [6.07, 6.45) is 0. The molecule has 0 aliphatic carbocycles. The van der Waals surface area contributed by atoms with E-state index in [0.717, 1.165) is 16.9 Å². The Morgan fingerprint density at radius 1 is 1.06 bits per heavy atom. The van der Waals surface area contributed by atoms with Crippen LogP contribution in [0.3, 0.4) is 0 Å². The maximum atomic E-state index is 12.6. The van der Waals surface area contributed by atoms with Crippen LogP contribution in [0.4, 0.5) is 0 Å². The zero-order valence-electron chi connectivity index (χ0n) is 11.7. The summed E-state index contributed by atoms with van der Waals surface area (Å²) in [5, 5.41) is 0. The lowest BCUT2D eigenvalue weighted by molar-refractivity contribution is 0.579. The Morgan fingerprint density at radius 3 is 2.06 bits per heavy atom. The molecule has 0 saturated carbocycles. The number of nitrogens with zero attached hydrogens (tertiary/aromatic N) is 2. The first kappa shape index (κ1) is 12.7. The maximum Gasteiger partial charge on any atom is 0.275 e. The van der Waals surface area contributed by atoms with Crippen LogP contribution in [0.5, 0.6) is 0 Å². The first-order valence-corrected chi connectivity index (χ1v) is 6.18. The molecule has 0 atom stereocenters. The number of hydrogen-bond donors (Lipinski definition) is 0. The van der Waals surface area contributed by atoms with Crippen molar-refractivity contribution in [3.8, 4) is 5.69 Å². The molecule has 0 amide bonds. The molecule has 0 spiro atoms. The summed E-state index contributed by atoms with van der Waals surface area (Å²) in [5.74, 6) is 0. The summed E-state index contributed by atoms with van der Waals surface area (Å²) in [5.41, 5.74) is 2.75. The number of aromatic nitrogens is 2. The van der Waals surface area contributed by atoms with Crippen LogP contribution < -0.4 is 5.56 Å². The van der Waals surface area contributed by atoms with Gasteiger partial charge < -0.3 is 0 Å². The number of hydrogen-bond acceptors (Lipinski definition) is 1. The average Bonchev–Trinajstić information content (AvgIpc) is 2.50. The molecule has 96 valence electrons. The summed E-state index contributed by atoms with van der Waals surface area (Å²) in [4.78, 5) is 12.6. The van der Waals surface area contributed by atoms with Crippen molar-refractivity contribution in [1.29, 1.82) is 0 Å². The van der Waals surface area contributed by atoms with Gasteiger partial charge in [0.05, 0.1) is 5.69 Å². The zero-order chi connectivity index (χ0) is 13.5. The van der Waals surface area contributed by atoms with E-state index in [0.29, 0.717) is 0 Å². The summed E-state index contributed by atoms with van der Waals surface area (Å²) in [6, 6.07) is 9.75. The van der Waals surface area contributed by atoms with E-state index in [4.69, 9.17) is 0 Å². The van der Waals surface area contributed by atoms with Crippen LogP contribution in [0.15, 0.2) is 35.1 Å². The quantitative estimate of drug-likeness (QED) is 0.757. The van der Waals surface area contributed by atoms with Gasteiger partial charge >= 0.3 is 0 Å². The number of para-hydroxylation sites is 1. The van der Waals surface area contributed by atoms with Crippen LogP contribution in [0, 0.1) is 6.92 Å². The van der Waals surface area contributed by atoms with E-state index in [1.54, 1.807) is 4.68 Å². The van der Waals surface area contributed by atoms with E-state index in [-0.39, 0.29) is 11.0 Å². The molecule has 0 aliphatic rings. The minimum Gasteiger partial charge on any atom is -0.285 e. The second-order valence-electron chi connectivity index (χ2n) is 5.69. The van der Waals surface area contributed by atoms with Gasteiger partial charge in [-0.3, -0.25) is 9.48 Å². The Bertz CT molecular complexity index is 612. The number of rotatable bonds is 1. The Kier molecular flexibility index (Phi) is 2.93. The van der Waals surface area contributed by atoms with Crippen molar-refractivity contribution in [2.75, 3.05) is 0 Å². The molecular formula is C15H20N2O. The highest BCUT2D eigenvalue weighted by Gasteiger charge is 2.25. The molecule has 0 saturated heterocycles. The molecule has 0 N–H and O–H groups in total. The summed E-state index contributed by atoms with van der Waals surface area (Å²) < 4.78 is 3.66. The molecule has 1 heterocycles. The fourth-order valence-electron chi connectivity index (χ4n) is 2.43. The second kappa shape index (κ2) is 4.16. The highest BCUT2D eigenvalue weighted by molar-refractivity contribution is 5.35. The number of benzene rings is 1. The highest BCUT2D eigenvalue weighted by Crippen LogP contribution is 2.23. The third-order valence-corrected chi connectivity index (χ3v) is 3.30. The second-order valence-corrected chi connectivity index (χ2v) is 5.69. The standard InChI is InChI=1S/C15H20N2O/c1-11-13(15(2,3)4)14(18)17(16(11)5)12-9-7-6-8-10-12/h6-10H,1-5H3. The monoisotopic (exact) mass is 244 g/mol. The van der Waals surface area contributed by atoms with E-state index in [1.807, 2.05) is 49.0 Å². The summed E-state index contributed by atoms with van der Waals surface area (Å²) in [6.45, 7) is 8.23. The van der Waals surface area contributed by atoms with Crippen molar-refractivity contribution in [1.82, 2.24) is 9.36 Å². The van der Waals surface area contributed by atoms with Crippen molar-refractivity contribution in [3.63, 3.8) is 0 Å². The lowest BCUT2D eigenvalue weighted by Crippen LogP contribution is -2.26. The molecule has 0 unspecified atom stereocenters. The molecule has 0 radical (unpaired) electrons. The van der Waals surface area contributed by atoms with Crippen LogP contribution in [0.2, 0.25) is 0 Å². The molecule has 2 aromatic rings. The van der Waals surface area contributed by atoms with E-state index in [1.165, 1.54) is 0 Å². The molecule has 1 aromatic carbocycles. The Labute approximate surface area is 108 Å². The summed E-state index contributed by atoms with van der Waals surface area (Å²) in [7, 11) is 1.93. The zero-order valence-corrected chi connectivity index (χ0v) is 11.7. The third kappa shape index (κ3) is 1.90. The lowest BCUT2D eigenvalue weighted by atomic mass is 9.87. The lowest BCUT2D eigenvalue weighted by Gasteiger charge is -2.16. The van der Waals surface area contributed by atoms with Gasteiger partial charge in [0.25, 0.3) is 5.56 Å². The van der Waals surface area contributed by atoms with Gasteiger partial charge in [-0.15, -0.1) is 0 Å².